The Balaban J connectivity index is 1.85. The molecule has 19 nitrogen and oxygen atoms in total. The van der Waals surface area contributed by atoms with E-state index in [1.165, 1.54) is 6.07 Å². The van der Waals surface area contributed by atoms with E-state index in [0.717, 1.165) is 81.4 Å². The molecule has 408 valence electrons. The summed E-state index contributed by atoms with van der Waals surface area (Å²) in [7, 11) is -10.9. The number of ether oxygens (including phenoxy) is 3. The summed E-state index contributed by atoms with van der Waals surface area (Å²) in [6.45, 7) is 1.72. The van der Waals surface area contributed by atoms with Gasteiger partial charge in [-0.15, -0.1) is 0 Å². The fraction of sp³-hybridized carbons (Fsp3) is 0.538. The number of allylic oxidation sites excluding steroid dienone is 16. The molecule has 0 amide bonds. The minimum Gasteiger partial charge on any atom is -0.462 e. The van der Waals surface area contributed by atoms with E-state index in [2.05, 4.69) is 52.7 Å². The van der Waals surface area contributed by atoms with Gasteiger partial charge in [0.25, 0.3) is 0 Å². The zero-order chi connectivity index (χ0) is 53.6. The first-order valence-electron chi connectivity index (χ1n) is 25.0. The third kappa shape index (κ3) is 31.7. The van der Waals surface area contributed by atoms with Crippen LogP contribution in [0.2, 0.25) is 0 Å². The summed E-state index contributed by atoms with van der Waals surface area (Å²) in [5.74, 6) is -1.46. The molecule has 0 aromatic carbocycles. The number of unbranched alkanes of at least 4 members (excludes halogenated alkanes) is 5. The van der Waals surface area contributed by atoms with Gasteiger partial charge in [-0.3, -0.25) is 23.2 Å². The van der Waals surface area contributed by atoms with Gasteiger partial charge in [-0.05, 0) is 83.1 Å². The highest BCUT2D eigenvalue weighted by Gasteiger charge is 2.46. The van der Waals surface area contributed by atoms with Crippen molar-refractivity contribution in [3.05, 3.63) is 132 Å². The van der Waals surface area contributed by atoms with Crippen LogP contribution in [0.1, 0.15) is 129 Å². The molecule has 7 N–H and O–H groups in total. The number of anilines is 1. The van der Waals surface area contributed by atoms with Crippen LogP contribution in [0.4, 0.5) is 5.82 Å². The van der Waals surface area contributed by atoms with Crippen molar-refractivity contribution in [3.63, 3.8) is 0 Å². The molecular weight excluding hydrogens is 985 g/mol. The van der Waals surface area contributed by atoms with Crippen molar-refractivity contribution in [3.8, 4) is 0 Å². The molecule has 2 rings (SSSR count). The van der Waals surface area contributed by atoms with Crippen LogP contribution in [0.15, 0.2) is 126 Å². The van der Waals surface area contributed by atoms with Crippen molar-refractivity contribution in [1.82, 2.24) is 9.55 Å². The lowest BCUT2D eigenvalue weighted by atomic mass is 10.1. The SMILES string of the molecule is CC/C=C\C/C=C\C/C=C\CCCCCCCC(=O)O[C@H](COC(=O)CC/C=C\C/C=C\C/C=C\C/C=C/C=C/C(O)C/C=C\CC)COP(=O)(O)OP(=O)(O)OC[C@H]1O[C@@H](n2ccc(N)nc2=O)[C@H](O)[C@@H]1O. The Kier molecular flexibility index (Phi) is 34.4. The maximum absolute atomic E-state index is 12.8. The van der Waals surface area contributed by atoms with Gasteiger partial charge in [-0.25, -0.2) is 13.9 Å². The number of carbonyl (C=O) groups is 2. The number of nitrogens with zero attached hydrogens (tertiary/aromatic N) is 2. The number of aliphatic hydroxyl groups excluding tert-OH is 3. The van der Waals surface area contributed by atoms with E-state index in [1.807, 2.05) is 73.8 Å². The quantitative estimate of drug-likeness (QED) is 0.0118. The van der Waals surface area contributed by atoms with Crippen molar-refractivity contribution in [2.24, 2.45) is 0 Å². The molecule has 1 aliphatic heterocycles. The molecule has 0 aliphatic carbocycles. The minimum absolute atomic E-state index is 0.000151. The van der Waals surface area contributed by atoms with E-state index in [0.29, 0.717) is 25.7 Å². The highest BCUT2D eigenvalue weighted by atomic mass is 31.3. The molecule has 1 saturated heterocycles. The van der Waals surface area contributed by atoms with Gasteiger partial charge in [-0.2, -0.15) is 9.29 Å². The predicted molar refractivity (Wildman–Crippen MR) is 280 cm³/mol. The standard InChI is InChI=1S/C52H79N3O16P2/c1-3-5-7-8-9-10-11-12-13-16-20-23-26-29-33-37-48(58)69-44(40-66-47(57)36-32-28-25-22-19-17-14-15-18-21-24-27-31-35-43(56)34-30-6-4-2)41-67-72(62,63)71-73(64,65)68-42-45-49(59)50(60)51(70-45)55-39-38-46(53)54-52(55)61/h5-7,9-10,12-13,15,17-19,24-25,27-28,30-31,35,38-39,43-45,49-51,56,59-60H,3-4,8,11,14,16,20-23,26,29,32-34,36-37,40-42H2,1-2H3,(H,62,63)(H,64,65)(H2,53,54,61)/b7-5-,10-9-,13-12-,18-15-,19-17-,27-24+,28-25-,30-6-,35-31+/t43?,44-,45-,49-,50-,51-/m1/s1. The Bertz CT molecular complexity index is 2170. The van der Waals surface area contributed by atoms with Crippen LogP contribution in [0.25, 0.3) is 0 Å². The van der Waals surface area contributed by atoms with Gasteiger partial charge in [0.2, 0.25) is 0 Å². The van der Waals surface area contributed by atoms with Crippen LogP contribution in [0, 0.1) is 0 Å². The Morgan fingerprint density at radius 3 is 1.96 bits per heavy atom. The zero-order valence-electron chi connectivity index (χ0n) is 42.2. The first kappa shape index (κ1) is 64.5. The number of esters is 2. The van der Waals surface area contributed by atoms with Crippen LogP contribution >= 0.6 is 15.6 Å². The monoisotopic (exact) mass is 1060 g/mol. The third-order valence-corrected chi connectivity index (χ3v) is 13.0. The lowest BCUT2D eigenvalue weighted by molar-refractivity contribution is -0.161. The molecule has 1 aromatic rings. The number of aliphatic hydroxyl groups is 3. The number of nitrogens with two attached hydrogens (primary N) is 1. The predicted octanol–water partition coefficient (Wildman–Crippen LogP) is 9.19. The first-order chi connectivity index (χ1) is 35.1. The average molecular weight is 1060 g/mol. The largest absolute Gasteiger partial charge is 0.481 e. The number of hydrogen-bond acceptors (Lipinski definition) is 16. The van der Waals surface area contributed by atoms with E-state index in [9.17, 15) is 48.6 Å². The second-order valence-corrected chi connectivity index (χ2v) is 19.8. The number of hydrogen-bond donors (Lipinski definition) is 6. The number of phosphoric ester groups is 2. The molecule has 0 radical (unpaired) electrons. The molecular formula is C52H79N3O16P2. The van der Waals surface area contributed by atoms with Gasteiger partial charge in [0.15, 0.2) is 12.3 Å². The fourth-order valence-corrected chi connectivity index (χ4v) is 8.72. The number of nitrogen functional groups attached to an aromatic ring is 1. The molecule has 0 bridgehead atoms. The van der Waals surface area contributed by atoms with Crippen LogP contribution in [0.5, 0.6) is 0 Å². The van der Waals surface area contributed by atoms with Gasteiger partial charge >= 0.3 is 33.3 Å². The van der Waals surface area contributed by atoms with Crippen molar-refractivity contribution in [2.45, 2.75) is 160 Å². The van der Waals surface area contributed by atoms with Crippen molar-refractivity contribution < 1.29 is 71.4 Å². The molecule has 0 spiro atoms. The van der Waals surface area contributed by atoms with Crippen molar-refractivity contribution in [1.29, 1.82) is 0 Å². The lowest BCUT2D eigenvalue weighted by Gasteiger charge is -2.21. The molecule has 1 fully saturated rings. The summed E-state index contributed by atoms with van der Waals surface area (Å²) < 4.78 is 56.6. The highest BCUT2D eigenvalue weighted by molar-refractivity contribution is 7.61. The molecule has 1 aromatic heterocycles. The van der Waals surface area contributed by atoms with Crippen LogP contribution in [0.3, 0.4) is 0 Å². The molecule has 73 heavy (non-hydrogen) atoms. The Labute approximate surface area is 430 Å². The zero-order valence-corrected chi connectivity index (χ0v) is 44.0. The lowest BCUT2D eigenvalue weighted by Crippen LogP contribution is -2.36. The second-order valence-electron chi connectivity index (χ2n) is 16.7. The molecule has 8 atom stereocenters. The Hall–Kier alpha value is -4.62. The van der Waals surface area contributed by atoms with Crippen molar-refractivity contribution >= 4 is 33.4 Å². The Morgan fingerprint density at radius 2 is 1.30 bits per heavy atom. The summed E-state index contributed by atoms with van der Waals surface area (Å²) in [5.41, 5.74) is 4.57. The van der Waals surface area contributed by atoms with E-state index >= 15 is 0 Å². The molecule has 1 aliphatic rings. The molecule has 3 unspecified atom stereocenters. The van der Waals surface area contributed by atoms with Crippen molar-refractivity contribution in [2.75, 3.05) is 25.6 Å². The number of phosphoric acid groups is 2. The minimum atomic E-state index is -5.45. The summed E-state index contributed by atoms with van der Waals surface area (Å²) in [6, 6.07) is 1.24. The topological polar surface area (TPSA) is 286 Å². The maximum atomic E-state index is 12.8. The third-order valence-electron chi connectivity index (χ3n) is 10.4. The van der Waals surface area contributed by atoms with E-state index in [-0.39, 0.29) is 18.7 Å². The summed E-state index contributed by atoms with van der Waals surface area (Å²) >= 11 is 0. The van der Waals surface area contributed by atoms with E-state index in [1.54, 1.807) is 6.08 Å². The molecule has 21 heteroatoms. The summed E-state index contributed by atoms with van der Waals surface area (Å²) in [6.07, 6.45) is 40.9. The van der Waals surface area contributed by atoms with E-state index in [4.69, 9.17) is 29.0 Å². The summed E-state index contributed by atoms with van der Waals surface area (Å²) in [4.78, 5) is 61.9. The van der Waals surface area contributed by atoms with Crippen LogP contribution < -0.4 is 11.4 Å². The highest BCUT2D eigenvalue weighted by Crippen LogP contribution is 2.60. The first-order valence-corrected chi connectivity index (χ1v) is 28.0. The fourth-order valence-electron chi connectivity index (χ4n) is 6.61. The number of aromatic nitrogens is 2. The Morgan fingerprint density at radius 1 is 0.726 bits per heavy atom. The number of rotatable bonds is 39. The van der Waals surface area contributed by atoms with Gasteiger partial charge < -0.3 is 45.1 Å². The maximum Gasteiger partial charge on any atom is 0.481 e. The van der Waals surface area contributed by atoms with Gasteiger partial charge in [0.05, 0.1) is 19.3 Å². The van der Waals surface area contributed by atoms with Gasteiger partial charge in [-0.1, -0.05) is 142 Å². The van der Waals surface area contributed by atoms with Gasteiger partial charge in [0.1, 0.15) is 30.7 Å². The van der Waals surface area contributed by atoms with Crippen LogP contribution in [-0.4, -0.2) is 96.9 Å². The van der Waals surface area contributed by atoms with E-state index < -0.39 is 89.8 Å². The normalized spacial score (nSPS) is 20.3. The van der Waals surface area contributed by atoms with Gasteiger partial charge in [0, 0.05) is 19.0 Å². The number of carbonyl (C=O) groups excluding carboxylic acids is 2. The van der Waals surface area contributed by atoms with Crippen LogP contribution in [-0.2, 0) is 46.3 Å². The second kappa shape index (κ2) is 38.9. The molecule has 0 saturated carbocycles. The smallest absolute Gasteiger partial charge is 0.462 e. The average Bonchev–Trinajstić information content (AvgIpc) is 3.62. The summed E-state index contributed by atoms with van der Waals surface area (Å²) in [5, 5.41) is 30.8. The molecule has 2 heterocycles.